The maximum Gasteiger partial charge on any atom is 0.162 e. The summed E-state index contributed by atoms with van der Waals surface area (Å²) in [6, 6.07) is 5.89. The van der Waals surface area contributed by atoms with Crippen molar-refractivity contribution in [2.75, 3.05) is 11.7 Å². The Labute approximate surface area is 86.0 Å². The quantitative estimate of drug-likeness (QED) is 0.625. The third kappa shape index (κ3) is 2.27. The van der Waals surface area contributed by atoms with Gasteiger partial charge in [-0.2, -0.15) is 0 Å². The lowest BCUT2D eigenvalue weighted by molar-refractivity contribution is 0.349. The number of rotatable bonds is 3. The summed E-state index contributed by atoms with van der Waals surface area (Å²) in [5, 5.41) is 0. The van der Waals surface area contributed by atoms with Gasteiger partial charge in [0.2, 0.25) is 0 Å². The van der Waals surface area contributed by atoms with E-state index >= 15 is 0 Å². The molecule has 0 amide bonds. The largest absolute Gasteiger partial charge is 0.493 e. The molecule has 0 saturated heterocycles. The number of hydrogen-bond acceptors (Lipinski definition) is 2. The highest BCUT2D eigenvalue weighted by molar-refractivity contribution is 14.1. The Morgan fingerprint density at radius 3 is 2.67 bits per heavy atom. The van der Waals surface area contributed by atoms with Crippen LogP contribution in [0, 0.1) is 6.92 Å². The van der Waals surface area contributed by atoms with E-state index < -0.39 is 0 Å². The number of aryl methyl sites for hydroxylation is 1. The van der Waals surface area contributed by atoms with E-state index in [1.807, 2.05) is 25.1 Å². The Morgan fingerprint density at radius 2 is 2.08 bits per heavy atom. The molecule has 3 heteroatoms. The highest BCUT2D eigenvalue weighted by atomic mass is 127. The van der Waals surface area contributed by atoms with Crippen LogP contribution in [0.15, 0.2) is 18.2 Å². The van der Waals surface area contributed by atoms with Crippen LogP contribution in [0.4, 0.5) is 0 Å². The molecule has 0 aromatic heterocycles. The van der Waals surface area contributed by atoms with Crippen molar-refractivity contribution in [3.63, 3.8) is 0 Å². The van der Waals surface area contributed by atoms with E-state index in [2.05, 4.69) is 22.6 Å². The molecule has 66 valence electrons. The van der Waals surface area contributed by atoms with Crippen molar-refractivity contribution < 1.29 is 9.47 Å². The molecule has 12 heavy (non-hydrogen) atoms. The average Bonchev–Trinajstić information content (AvgIpc) is 2.08. The molecule has 0 saturated carbocycles. The fourth-order valence-corrected chi connectivity index (χ4v) is 1.29. The van der Waals surface area contributed by atoms with Crippen molar-refractivity contribution in [1.29, 1.82) is 0 Å². The van der Waals surface area contributed by atoms with Crippen molar-refractivity contribution in [3.8, 4) is 11.5 Å². The summed E-state index contributed by atoms with van der Waals surface area (Å²) in [7, 11) is 1.65. The Morgan fingerprint density at radius 1 is 1.33 bits per heavy atom. The lowest BCUT2D eigenvalue weighted by Gasteiger charge is -2.08. The fraction of sp³-hybridized carbons (Fsp3) is 0.333. The maximum absolute atomic E-state index is 5.34. The first kappa shape index (κ1) is 9.64. The van der Waals surface area contributed by atoms with E-state index in [1.165, 1.54) is 5.56 Å². The number of ether oxygens (including phenoxy) is 2. The molecule has 0 N–H and O–H groups in total. The molecule has 0 aliphatic heterocycles. The van der Waals surface area contributed by atoms with Gasteiger partial charge in [-0.3, -0.25) is 0 Å². The number of benzene rings is 1. The van der Waals surface area contributed by atoms with E-state index in [0.717, 1.165) is 11.5 Å². The van der Waals surface area contributed by atoms with Crippen molar-refractivity contribution in [2.45, 2.75) is 6.92 Å². The summed E-state index contributed by atoms with van der Waals surface area (Å²) >= 11 is 2.15. The molecular weight excluding hydrogens is 267 g/mol. The van der Waals surface area contributed by atoms with Gasteiger partial charge in [0.05, 0.1) is 7.11 Å². The van der Waals surface area contributed by atoms with Crippen LogP contribution in [-0.4, -0.2) is 11.7 Å². The smallest absolute Gasteiger partial charge is 0.162 e. The fourth-order valence-electron chi connectivity index (χ4n) is 0.953. The van der Waals surface area contributed by atoms with E-state index in [0.29, 0.717) is 4.61 Å². The van der Waals surface area contributed by atoms with Gasteiger partial charge in [-0.25, -0.2) is 0 Å². The second-order valence-electron chi connectivity index (χ2n) is 2.41. The number of hydrogen-bond donors (Lipinski definition) is 0. The maximum atomic E-state index is 5.34. The minimum absolute atomic E-state index is 0.636. The topological polar surface area (TPSA) is 18.5 Å². The Balaban J connectivity index is 2.94. The lowest BCUT2D eigenvalue weighted by Crippen LogP contribution is -1.93. The van der Waals surface area contributed by atoms with Gasteiger partial charge in [0.15, 0.2) is 11.5 Å². The van der Waals surface area contributed by atoms with Gasteiger partial charge in [-0.15, -0.1) is 0 Å². The second kappa shape index (κ2) is 4.54. The van der Waals surface area contributed by atoms with Gasteiger partial charge in [0, 0.05) is 0 Å². The third-order valence-corrected chi connectivity index (χ3v) is 1.84. The van der Waals surface area contributed by atoms with E-state index in [-0.39, 0.29) is 0 Å². The van der Waals surface area contributed by atoms with Crippen LogP contribution in [0.3, 0.4) is 0 Å². The Kier molecular flexibility index (Phi) is 3.65. The first-order valence-electron chi connectivity index (χ1n) is 3.61. The molecule has 1 aromatic rings. The normalized spacial score (nSPS) is 9.58. The van der Waals surface area contributed by atoms with Crippen LogP contribution in [0.25, 0.3) is 0 Å². The molecule has 0 bridgehead atoms. The Bertz CT molecular complexity index is 261. The van der Waals surface area contributed by atoms with Crippen LogP contribution >= 0.6 is 22.6 Å². The molecule has 1 aromatic carbocycles. The molecule has 0 atom stereocenters. The van der Waals surface area contributed by atoms with Gasteiger partial charge >= 0.3 is 0 Å². The molecule has 0 aliphatic carbocycles. The van der Waals surface area contributed by atoms with Crippen LogP contribution < -0.4 is 9.47 Å². The number of halogens is 1. The molecule has 0 heterocycles. The minimum Gasteiger partial charge on any atom is -0.493 e. The van der Waals surface area contributed by atoms with Crippen LogP contribution in [0.2, 0.25) is 0 Å². The summed E-state index contributed by atoms with van der Waals surface area (Å²) in [6.07, 6.45) is 0. The van der Waals surface area contributed by atoms with E-state index in [4.69, 9.17) is 9.47 Å². The average molecular weight is 278 g/mol. The summed E-state index contributed by atoms with van der Waals surface area (Å²) in [5.41, 5.74) is 1.17. The summed E-state index contributed by atoms with van der Waals surface area (Å²) in [6.45, 7) is 2.02. The first-order chi connectivity index (χ1) is 5.77. The summed E-state index contributed by atoms with van der Waals surface area (Å²) in [4.78, 5) is 0. The zero-order chi connectivity index (χ0) is 8.97. The van der Waals surface area contributed by atoms with E-state index in [1.54, 1.807) is 7.11 Å². The van der Waals surface area contributed by atoms with Crippen molar-refractivity contribution in [3.05, 3.63) is 23.8 Å². The molecule has 0 radical (unpaired) electrons. The van der Waals surface area contributed by atoms with Gasteiger partial charge < -0.3 is 9.47 Å². The van der Waals surface area contributed by atoms with Crippen LogP contribution in [-0.2, 0) is 0 Å². The van der Waals surface area contributed by atoms with E-state index in [9.17, 15) is 0 Å². The zero-order valence-corrected chi connectivity index (χ0v) is 9.29. The van der Waals surface area contributed by atoms with Gasteiger partial charge in [-0.05, 0) is 47.2 Å². The number of methoxy groups -OCH3 is 1. The molecular formula is C9H11IO2. The third-order valence-electron chi connectivity index (χ3n) is 1.53. The summed E-state index contributed by atoms with van der Waals surface area (Å²) < 4.78 is 11.1. The first-order valence-corrected chi connectivity index (χ1v) is 5.14. The molecule has 2 nitrogen and oxygen atoms in total. The Hall–Kier alpha value is -0.450. The monoisotopic (exact) mass is 278 g/mol. The van der Waals surface area contributed by atoms with Crippen molar-refractivity contribution in [2.24, 2.45) is 0 Å². The molecule has 0 aliphatic rings. The van der Waals surface area contributed by atoms with Gasteiger partial charge in [0.1, 0.15) is 4.61 Å². The highest BCUT2D eigenvalue weighted by Crippen LogP contribution is 2.27. The van der Waals surface area contributed by atoms with Crippen molar-refractivity contribution in [1.82, 2.24) is 0 Å². The molecule has 0 unspecified atom stereocenters. The lowest BCUT2D eigenvalue weighted by atomic mass is 10.2. The van der Waals surface area contributed by atoms with Gasteiger partial charge in [-0.1, -0.05) is 6.07 Å². The highest BCUT2D eigenvalue weighted by Gasteiger charge is 2.02. The predicted molar refractivity (Wildman–Crippen MR) is 57.2 cm³/mol. The molecule has 1 rings (SSSR count). The molecule has 0 fully saturated rings. The SMILES string of the molecule is COc1cc(C)ccc1OCI. The van der Waals surface area contributed by atoms with Gasteiger partial charge in [0.25, 0.3) is 0 Å². The standard InChI is InChI=1S/C9H11IO2/c1-7-3-4-8(12-6-10)9(5-7)11-2/h3-5H,6H2,1-2H3. The van der Waals surface area contributed by atoms with Crippen molar-refractivity contribution >= 4 is 22.6 Å². The minimum atomic E-state index is 0.636. The predicted octanol–water partition coefficient (Wildman–Crippen LogP) is 2.77. The molecule has 0 spiro atoms. The second-order valence-corrected chi connectivity index (χ2v) is 3.03. The summed E-state index contributed by atoms with van der Waals surface area (Å²) in [5.74, 6) is 1.60. The zero-order valence-electron chi connectivity index (χ0n) is 7.13. The van der Waals surface area contributed by atoms with Crippen LogP contribution in [0.5, 0.6) is 11.5 Å². The van der Waals surface area contributed by atoms with Crippen LogP contribution in [0.1, 0.15) is 5.56 Å². The number of alkyl halides is 1.